The average molecular weight is 455 g/mol. The molecule has 0 aliphatic rings. The molecule has 0 bridgehead atoms. The summed E-state index contributed by atoms with van der Waals surface area (Å²) in [5, 5.41) is 12.5. The fraction of sp³-hybridized carbons (Fsp3) is 0.0455. The Balaban J connectivity index is 1.56. The van der Waals surface area contributed by atoms with Gasteiger partial charge in [0.2, 0.25) is 4.77 Å². The van der Waals surface area contributed by atoms with E-state index in [4.69, 9.17) is 40.2 Å². The third-order valence-corrected chi connectivity index (χ3v) is 5.06. The van der Waals surface area contributed by atoms with Crippen LogP contribution in [0.3, 0.4) is 0 Å². The van der Waals surface area contributed by atoms with E-state index in [0.29, 0.717) is 32.8 Å². The fourth-order valence-electron chi connectivity index (χ4n) is 2.79. The van der Waals surface area contributed by atoms with E-state index in [-0.39, 0.29) is 0 Å². The van der Waals surface area contributed by atoms with Crippen molar-refractivity contribution >= 4 is 41.6 Å². The number of aromatic amines is 1. The van der Waals surface area contributed by atoms with Gasteiger partial charge >= 0.3 is 0 Å². The molecule has 0 saturated carbocycles. The summed E-state index contributed by atoms with van der Waals surface area (Å²) in [5.74, 6) is 1.24. The van der Waals surface area contributed by atoms with Gasteiger partial charge < -0.3 is 4.74 Å². The van der Waals surface area contributed by atoms with E-state index < -0.39 is 0 Å². The second-order valence-electron chi connectivity index (χ2n) is 6.38. The molecule has 30 heavy (non-hydrogen) atoms. The van der Waals surface area contributed by atoms with Gasteiger partial charge in [-0.15, -0.1) is 0 Å². The second-order valence-corrected chi connectivity index (χ2v) is 7.61. The highest BCUT2D eigenvalue weighted by Crippen LogP contribution is 2.29. The van der Waals surface area contributed by atoms with Gasteiger partial charge in [0, 0.05) is 10.6 Å². The summed E-state index contributed by atoms with van der Waals surface area (Å²) in [6.45, 7) is 0.493. The number of H-pyrrole nitrogens is 1. The lowest BCUT2D eigenvalue weighted by atomic mass is 10.2. The van der Waals surface area contributed by atoms with Crippen molar-refractivity contribution in [3.05, 3.63) is 98.7 Å². The normalized spacial score (nSPS) is 11.1. The van der Waals surface area contributed by atoms with E-state index in [2.05, 4.69) is 15.3 Å². The molecule has 5 nitrogen and oxygen atoms in total. The summed E-state index contributed by atoms with van der Waals surface area (Å²) in [6.07, 6.45) is 1.69. The Morgan fingerprint density at radius 3 is 2.67 bits per heavy atom. The van der Waals surface area contributed by atoms with Crippen LogP contribution >= 0.6 is 35.4 Å². The lowest BCUT2D eigenvalue weighted by molar-refractivity contribution is 0.306. The van der Waals surface area contributed by atoms with E-state index >= 15 is 0 Å². The van der Waals surface area contributed by atoms with Gasteiger partial charge in [-0.3, -0.25) is 0 Å². The lowest BCUT2D eigenvalue weighted by Gasteiger charge is -2.07. The number of aromatic nitrogens is 3. The first-order valence-electron chi connectivity index (χ1n) is 9.04. The van der Waals surface area contributed by atoms with Crippen molar-refractivity contribution < 1.29 is 4.74 Å². The highest BCUT2D eigenvalue weighted by atomic mass is 35.5. The van der Waals surface area contributed by atoms with Crippen molar-refractivity contribution in [1.82, 2.24) is 14.9 Å². The molecule has 0 aliphatic carbocycles. The minimum absolute atomic E-state index is 0.351. The molecular formula is C22H16Cl2N4OS. The smallest absolute Gasteiger partial charge is 0.216 e. The average Bonchev–Trinajstić information content (AvgIpc) is 3.12. The van der Waals surface area contributed by atoms with Crippen LogP contribution in [-0.4, -0.2) is 21.1 Å². The van der Waals surface area contributed by atoms with E-state index in [1.165, 1.54) is 4.68 Å². The molecule has 0 unspecified atom stereocenters. The summed E-state index contributed by atoms with van der Waals surface area (Å²) in [5.41, 5.74) is 2.63. The summed E-state index contributed by atoms with van der Waals surface area (Å²) >= 11 is 17.6. The predicted octanol–water partition coefficient (Wildman–Crippen LogP) is 6.38. The monoisotopic (exact) mass is 454 g/mol. The van der Waals surface area contributed by atoms with Crippen molar-refractivity contribution in [2.24, 2.45) is 5.10 Å². The Morgan fingerprint density at radius 2 is 1.87 bits per heavy atom. The Hall–Kier alpha value is -2.93. The zero-order chi connectivity index (χ0) is 20.9. The number of ether oxygens (including phenoxy) is 1. The lowest BCUT2D eigenvalue weighted by Crippen LogP contribution is -1.97. The predicted molar refractivity (Wildman–Crippen MR) is 123 cm³/mol. The fourth-order valence-corrected chi connectivity index (χ4v) is 3.47. The molecule has 1 aromatic heterocycles. The zero-order valence-electron chi connectivity index (χ0n) is 15.6. The number of benzene rings is 3. The Labute approximate surface area is 188 Å². The molecule has 0 radical (unpaired) electrons. The van der Waals surface area contributed by atoms with E-state index in [0.717, 1.165) is 16.9 Å². The number of nitrogens with zero attached hydrogens (tertiary/aromatic N) is 3. The summed E-state index contributed by atoms with van der Waals surface area (Å²) in [7, 11) is 0. The Morgan fingerprint density at radius 1 is 1.03 bits per heavy atom. The standard InChI is InChI=1S/C22H16Cl2N4OS/c23-17-9-10-19(20(24)12-17)21-26-27-22(30)28(21)25-13-16-7-4-8-18(11-16)29-14-15-5-2-1-3-6-15/h1-13H,14H2,(H,27,30)/b25-13-. The van der Waals surface area contributed by atoms with Gasteiger partial charge in [-0.2, -0.15) is 14.9 Å². The van der Waals surface area contributed by atoms with Crippen LogP contribution in [0.2, 0.25) is 10.0 Å². The molecule has 0 atom stereocenters. The maximum Gasteiger partial charge on any atom is 0.216 e. The van der Waals surface area contributed by atoms with Crippen molar-refractivity contribution in [1.29, 1.82) is 0 Å². The Kier molecular flexibility index (Phi) is 6.28. The van der Waals surface area contributed by atoms with Crippen LogP contribution in [0.25, 0.3) is 11.4 Å². The molecule has 4 rings (SSSR count). The van der Waals surface area contributed by atoms with E-state index in [1.807, 2.05) is 54.6 Å². The van der Waals surface area contributed by atoms with E-state index in [9.17, 15) is 0 Å². The second kappa shape index (κ2) is 9.26. The molecule has 3 aromatic carbocycles. The van der Waals surface area contributed by atoms with Gasteiger partial charge in [-0.05, 0) is 53.7 Å². The SMILES string of the molecule is S=c1[nH]nc(-c2ccc(Cl)cc2Cl)n1/N=C\c1cccc(OCc2ccccc2)c1. The topological polar surface area (TPSA) is 55.2 Å². The molecule has 0 amide bonds. The summed E-state index contributed by atoms with van der Waals surface area (Å²) < 4.78 is 7.74. The van der Waals surface area contributed by atoms with Gasteiger partial charge in [0.15, 0.2) is 5.82 Å². The zero-order valence-corrected chi connectivity index (χ0v) is 18.0. The number of nitrogens with one attached hydrogen (secondary N) is 1. The molecule has 150 valence electrons. The molecule has 8 heteroatoms. The molecule has 0 saturated heterocycles. The maximum atomic E-state index is 6.31. The minimum Gasteiger partial charge on any atom is -0.489 e. The van der Waals surface area contributed by atoms with Gasteiger partial charge in [-0.1, -0.05) is 65.7 Å². The van der Waals surface area contributed by atoms with Gasteiger partial charge in [0.25, 0.3) is 0 Å². The number of hydrogen-bond donors (Lipinski definition) is 1. The number of hydrogen-bond acceptors (Lipinski definition) is 4. The number of rotatable bonds is 6. The highest BCUT2D eigenvalue weighted by Gasteiger charge is 2.12. The quantitative estimate of drug-likeness (QED) is 0.271. The van der Waals surface area contributed by atoms with E-state index in [1.54, 1.807) is 24.4 Å². The first-order chi connectivity index (χ1) is 14.6. The van der Waals surface area contributed by atoms with Gasteiger partial charge in [0.05, 0.1) is 11.2 Å². The summed E-state index contributed by atoms with van der Waals surface area (Å²) in [6, 6.07) is 22.8. The van der Waals surface area contributed by atoms with Crippen molar-refractivity contribution in [2.45, 2.75) is 6.61 Å². The molecule has 0 fully saturated rings. The van der Waals surface area contributed by atoms with Gasteiger partial charge in [-0.25, -0.2) is 5.10 Å². The molecule has 0 spiro atoms. The third-order valence-electron chi connectivity index (χ3n) is 4.25. The van der Waals surface area contributed by atoms with Gasteiger partial charge in [0.1, 0.15) is 12.4 Å². The van der Waals surface area contributed by atoms with Crippen LogP contribution < -0.4 is 4.74 Å². The van der Waals surface area contributed by atoms with Crippen LogP contribution in [0.1, 0.15) is 11.1 Å². The molecule has 1 N–H and O–H groups in total. The molecule has 1 heterocycles. The highest BCUT2D eigenvalue weighted by molar-refractivity contribution is 7.71. The first-order valence-corrected chi connectivity index (χ1v) is 10.2. The summed E-state index contributed by atoms with van der Waals surface area (Å²) in [4.78, 5) is 0. The third kappa shape index (κ3) is 4.79. The maximum absolute atomic E-state index is 6.31. The van der Waals surface area contributed by atoms with Crippen LogP contribution in [0, 0.1) is 4.77 Å². The van der Waals surface area contributed by atoms with Crippen LogP contribution in [0.15, 0.2) is 77.9 Å². The number of halogens is 2. The molecule has 0 aliphatic heterocycles. The molecule has 4 aromatic rings. The minimum atomic E-state index is 0.351. The van der Waals surface area contributed by atoms with Crippen molar-refractivity contribution in [2.75, 3.05) is 0 Å². The Bertz CT molecular complexity index is 1250. The molecular weight excluding hydrogens is 439 g/mol. The van der Waals surface area contributed by atoms with Crippen molar-refractivity contribution in [3.8, 4) is 17.1 Å². The first kappa shape index (κ1) is 20.3. The van der Waals surface area contributed by atoms with Crippen LogP contribution in [0.4, 0.5) is 0 Å². The van der Waals surface area contributed by atoms with Crippen LogP contribution in [-0.2, 0) is 6.61 Å². The van der Waals surface area contributed by atoms with Crippen LogP contribution in [0.5, 0.6) is 5.75 Å². The van der Waals surface area contributed by atoms with Crippen molar-refractivity contribution in [3.63, 3.8) is 0 Å². The largest absolute Gasteiger partial charge is 0.489 e.